The number of nitrogens with one attached hydrogen (secondary N) is 2. The van der Waals surface area contributed by atoms with Crippen molar-refractivity contribution in [1.82, 2.24) is 5.32 Å². The van der Waals surface area contributed by atoms with Crippen LogP contribution in [-0.4, -0.2) is 5.11 Å². The van der Waals surface area contributed by atoms with Gasteiger partial charge in [-0.25, -0.2) is 4.39 Å². The number of halogens is 3. The van der Waals surface area contributed by atoms with Crippen LogP contribution in [0.5, 0.6) is 5.75 Å². The molecule has 0 aliphatic heterocycles. The molecule has 4 aromatic rings. The van der Waals surface area contributed by atoms with Gasteiger partial charge in [-0.2, -0.15) is 0 Å². The Morgan fingerprint density at radius 3 is 2.15 bits per heavy atom. The monoisotopic (exact) mass is 484 g/mol. The summed E-state index contributed by atoms with van der Waals surface area (Å²) in [6.45, 7) is 1.96. The Labute approximate surface area is 199 Å². The van der Waals surface area contributed by atoms with Crippen molar-refractivity contribution in [3.8, 4) is 5.75 Å². The van der Waals surface area contributed by atoms with E-state index in [-0.39, 0.29) is 23.6 Å². The summed E-state index contributed by atoms with van der Waals surface area (Å²) in [5.41, 5.74) is 1.21. The van der Waals surface area contributed by atoms with E-state index in [1.165, 1.54) is 12.1 Å². The molecule has 2 atom stereocenters. The SMILES string of the molecule is CC(NC(c1ccc(F)cc1)c1cccc(Nc2c(O)c(=O)c2=O)c1)c1cc(Cl)cc(Cl)c1. The molecule has 2 unspecified atom stereocenters. The smallest absolute Gasteiger partial charge is 0.271 e. The van der Waals surface area contributed by atoms with Gasteiger partial charge in [0.2, 0.25) is 0 Å². The van der Waals surface area contributed by atoms with Crippen molar-refractivity contribution in [1.29, 1.82) is 0 Å². The van der Waals surface area contributed by atoms with Crippen molar-refractivity contribution in [2.75, 3.05) is 5.32 Å². The van der Waals surface area contributed by atoms with Gasteiger partial charge in [-0.05, 0) is 66.1 Å². The molecule has 0 aliphatic carbocycles. The molecule has 5 nitrogen and oxygen atoms in total. The van der Waals surface area contributed by atoms with Crippen LogP contribution in [0.2, 0.25) is 10.0 Å². The van der Waals surface area contributed by atoms with Crippen molar-refractivity contribution >= 4 is 34.6 Å². The minimum absolute atomic E-state index is 0.134. The molecule has 0 aliphatic rings. The van der Waals surface area contributed by atoms with Crippen LogP contribution in [0.25, 0.3) is 0 Å². The molecule has 4 rings (SSSR count). The van der Waals surface area contributed by atoms with E-state index in [9.17, 15) is 19.1 Å². The molecule has 0 amide bonds. The first-order valence-corrected chi connectivity index (χ1v) is 10.9. The maximum absolute atomic E-state index is 13.6. The molecule has 0 bridgehead atoms. The van der Waals surface area contributed by atoms with E-state index in [0.717, 1.165) is 16.7 Å². The van der Waals surface area contributed by atoms with Gasteiger partial charge in [0.15, 0.2) is 5.75 Å². The Morgan fingerprint density at radius 2 is 1.52 bits per heavy atom. The van der Waals surface area contributed by atoms with E-state index < -0.39 is 16.6 Å². The van der Waals surface area contributed by atoms with Crippen LogP contribution < -0.4 is 21.5 Å². The summed E-state index contributed by atoms with van der Waals surface area (Å²) in [5.74, 6) is -0.928. The van der Waals surface area contributed by atoms with Crippen LogP contribution in [0.15, 0.2) is 76.3 Å². The third-order valence-electron chi connectivity index (χ3n) is 5.38. The van der Waals surface area contributed by atoms with E-state index in [1.54, 1.807) is 36.4 Å². The predicted octanol–water partition coefficient (Wildman–Crippen LogP) is 5.62. The molecule has 33 heavy (non-hydrogen) atoms. The lowest BCUT2D eigenvalue weighted by Crippen LogP contribution is -2.32. The van der Waals surface area contributed by atoms with E-state index in [2.05, 4.69) is 10.6 Å². The second-order valence-electron chi connectivity index (χ2n) is 7.71. The topological polar surface area (TPSA) is 78.4 Å². The van der Waals surface area contributed by atoms with Crippen molar-refractivity contribution in [3.05, 3.63) is 120 Å². The number of anilines is 2. The Hall–Kier alpha value is -3.19. The molecular formula is C25H19Cl2FN2O3. The highest BCUT2D eigenvalue weighted by molar-refractivity contribution is 6.34. The first kappa shape index (κ1) is 23.0. The van der Waals surface area contributed by atoms with Gasteiger partial charge in [0.05, 0.1) is 6.04 Å². The normalized spacial score (nSPS) is 13.1. The molecule has 4 aromatic carbocycles. The Kier molecular flexibility index (Phi) is 6.51. The predicted molar refractivity (Wildman–Crippen MR) is 129 cm³/mol. The van der Waals surface area contributed by atoms with Crippen LogP contribution >= 0.6 is 23.2 Å². The lowest BCUT2D eigenvalue weighted by molar-refractivity contribution is 0.466. The van der Waals surface area contributed by atoms with Gasteiger partial charge in [-0.1, -0.05) is 47.5 Å². The van der Waals surface area contributed by atoms with Gasteiger partial charge in [-0.3, -0.25) is 14.9 Å². The quantitative estimate of drug-likeness (QED) is 0.297. The summed E-state index contributed by atoms with van der Waals surface area (Å²) in [6.07, 6.45) is 0. The van der Waals surface area contributed by atoms with Crippen molar-refractivity contribution in [2.24, 2.45) is 0 Å². The fourth-order valence-electron chi connectivity index (χ4n) is 3.65. The second-order valence-corrected chi connectivity index (χ2v) is 8.58. The lowest BCUT2D eigenvalue weighted by atomic mass is 9.96. The molecule has 0 radical (unpaired) electrons. The summed E-state index contributed by atoms with van der Waals surface area (Å²) in [5, 5.41) is 17.0. The summed E-state index contributed by atoms with van der Waals surface area (Å²) >= 11 is 12.3. The number of aromatic hydroxyl groups is 1. The largest absolute Gasteiger partial charge is 0.502 e. The maximum atomic E-state index is 13.6. The number of benzene rings is 3. The zero-order chi connectivity index (χ0) is 23.7. The molecular weight excluding hydrogens is 466 g/mol. The van der Waals surface area contributed by atoms with Crippen molar-refractivity contribution in [2.45, 2.75) is 19.0 Å². The fraction of sp³-hybridized carbons (Fsp3) is 0.120. The summed E-state index contributed by atoms with van der Waals surface area (Å²) in [7, 11) is 0. The first-order chi connectivity index (χ1) is 15.7. The number of hydrogen-bond donors (Lipinski definition) is 3. The second kappa shape index (κ2) is 9.35. The van der Waals surface area contributed by atoms with Gasteiger partial charge in [0.25, 0.3) is 10.9 Å². The average molecular weight is 485 g/mol. The molecule has 0 aromatic heterocycles. The number of rotatable bonds is 7. The minimum Gasteiger partial charge on any atom is -0.502 e. The average Bonchev–Trinajstić information content (AvgIpc) is 2.80. The van der Waals surface area contributed by atoms with Crippen LogP contribution in [0, 0.1) is 5.82 Å². The van der Waals surface area contributed by atoms with Crippen LogP contribution in [-0.2, 0) is 0 Å². The van der Waals surface area contributed by atoms with Crippen LogP contribution in [0.3, 0.4) is 0 Å². The zero-order valence-corrected chi connectivity index (χ0v) is 18.9. The molecule has 0 spiro atoms. The third-order valence-corrected chi connectivity index (χ3v) is 5.82. The maximum Gasteiger partial charge on any atom is 0.271 e. The van der Waals surface area contributed by atoms with Gasteiger partial charge < -0.3 is 10.4 Å². The molecule has 3 N–H and O–H groups in total. The third kappa shape index (κ3) is 4.93. The van der Waals surface area contributed by atoms with Crippen LogP contribution in [0.1, 0.15) is 35.7 Å². The zero-order valence-electron chi connectivity index (χ0n) is 17.4. The highest BCUT2D eigenvalue weighted by Gasteiger charge is 2.22. The highest BCUT2D eigenvalue weighted by atomic mass is 35.5. The molecule has 0 fully saturated rings. The molecule has 8 heteroatoms. The number of hydrogen-bond acceptors (Lipinski definition) is 5. The van der Waals surface area contributed by atoms with Crippen molar-refractivity contribution in [3.63, 3.8) is 0 Å². The lowest BCUT2D eigenvalue weighted by Gasteiger charge is -2.25. The summed E-state index contributed by atoms with van der Waals surface area (Å²) in [4.78, 5) is 23.0. The van der Waals surface area contributed by atoms with Gasteiger partial charge in [0, 0.05) is 21.8 Å². The molecule has 0 saturated carbocycles. The molecule has 168 valence electrons. The Bertz CT molecular complexity index is 1360. The highest BCUT2D eigenvalue weighted by Crippen LogP contribution is 2.31. The summed E-state index contributed by atoms with van der Waals surface area (Å²) in [6, 6.07) is 18.1. The minimum atomic E-state index is -0.909. The first-order valence-electron chi connectivity index (χ1n) is 10.1. The fourth-order valence-corrected chi connectivity index (χ4v) is 4.19. The van der Waals surface area contributed by atoms with Crippen LogP contribution in [0.4, 0.5) is 15.8 Å². The van der Waals surface area contributed by atoms with E-state index in [0.29, 0.717) is 15.7 Å². The molecule has 0 saturated heterocycles. The Balaban J connectivity index is 1.68. The summed E-state index contributed by atoms with van der Waals surface area (Å²) < 4.78 is 13.6. The van der Waals surface area contributed by atoms with E-state index >= 15 is 0 Å². The van der Waals surface area contributed by atoms with Gasteiger partial charge >= 0.3 is 0 Å². The Morgan fingerprint density at radius 1 is 0.848 bits per heavy atom. The van der Waals surface area contributed by atoms with E-state index in [4.69, 9.17) is 23.2 Å². The van der Waals surface area contributed by atoms with Gasteiger partial charge in [0.1, 0.15) is 11.5 Å². The standard InChI is InChI=1S/C25H19Cl2FN2O3/c1-13(16-9-17(26)12-18(27)10-16)29-21(14-5-7-19(28)8-6-14)15-3-2-4-20(11-15)30-22-23(31)25(33)24(22)32/h2-13,21,29-31H,1H3. The molecule has 0 heterocycles. The van der Waals surface area contributed by atoms with E-state index in [1.807, 2.05) is 25.1 Å². The van der Waals surface area contributed by atoms with Crippen molar-refractivity contribution < 1.29 is 9.50 Å². The van der Waals surface area contributed by atoms with Gasteiger partial charge in [-0.15, -0.1) is 0 Å².